The maximum Gasteiger partial charge on any atom is 0.332 e. The summed E-state index contributed by atoms with van der Waals surface area (Å²) in [6.45, 7) is 0. The van der Waals surface area contributed by atoms with E-state index < -0.39 is 10.9 Å². The highest BCUT2D eigenvalue weighted by Crippen LogP contribution is 2.24. The van der Waals surface area contributed by atoms with Crippen molar-refractivity contribution < 1.29 is 14.5 Å². The standard InChI is InChI=1S/C11H11ClN2O4/c1-18-11(15)6-9(13)5-7-4-8(12)2-3-10(7)14(16)17/h2-4,6H,5,13H2,1H3/b9-6-. The molecule has 0 atom stereocenters. The van der Waals surface area contributed by atoms with E-state index in [1.54, 1.807) is 0 Å². The number of nitrogens with two attached hydrogens (primary N) is 1. The number of halogens is 1. The Morgan fingerprint density at radius 2 is 2.28 bits per heavy atom. The molecule has 7 heteroatoms. The van der Waals surface area contributed by atoms with Crippen molar-refractivity contribution in [3.05, 3.63) is 50.7 Å². The molecule has 6 nitrogen and oxygen atoms in total. The molecule has 0 saturated carbocycles. The zero-order valence-corrected chi connectivity index (χ0v) is 10.3. The molecule has 0 heterocycles. The van der Waals surface area contributed by atoms with Gasteiger partial charge in [0.1, 0.15) is 0 Å². The van der Waals surface area contributed by atoms with E-state index in [1.165, 1.54) is 25.3 Å². The van der Waals surface area contributed by atoms with Gasteiger partial charge >= 0.3 is 5.97 Å². The highest BCUT2D eigenvalue weighted by atomic mass is 35.5. The number of hydrogen-bond donors (Lipinski definition) is 1. The number of nitro benzene ring substituents is 1. The highest BCUT2D eigenvalue weighted by Gasteiger charge is 2.14. The molecular weight excluding hydrogens is 260 g/mol. The van der Waals surface area contributed by atoms with Crippen molar-refractivity contribution in [3.63, 3.8) is 0 Å². The Morgan fingerprint density at radius 3 is 2.83 bits per heavy atom. The van der Waals surface area contributed by atoms with Crippen molar-refractivity contribution >= 4 is 23.3 Å². The minimum atomic E-state index is -0.614. The smallest absolute Gasteiger partial charge is 0.332 e. The van der Waals surface area contributed by atoms with Gasteiger partial charge in [-0.3, -0.25) is 10.1 Å². The van der Waals surface area contributed by atoms with Gasteiger partial charge in [0.25, 0.3) is 5.69 Å². The molecule has 0 spiro atoms. The van der Waals surface area contributed by atoms with E-state index in [2.05, 4.69) is 4.74 Å². The molecule has 0 amide bonds. The van der Waals surface area contributed by atoms with Gasteiger partial charge in [-0.2, -0.15) is 0 Å². The van der Waals surface area contributed by atoms with E-state index in [-0.39, 0.29) is 17.8 Å². The number of nitrogens with zero attached hydrogens (tertiary/aromatic N) is 1. The maximum absolute atomic E-state index is 11.0. The molecule has 0 bridgehead atoms. The number of rotatable bonds is 4. The fraction of sp³-hybridized carbons (Fsp3) is 0.182. The van der Waals surface area contributed by atoms with Gasteiger partial charge < -0.3 is 10.5 Å². The van der Waals surface area contributed by atoms with Gasteiger partial charge in [-0.25, -0.2) is 4.79 Å². The summed E-state index contributed by atoms with van der Waals surface area (Å²) >= 11 is 5.76. The number of hydrogen-bond acceptors (Lipinski definition) is 5. The van der Waals surface area contributed by atoms with Crippen LogP contribution in [0.1, 0.15) is 5.56 Å². The number of carbonyl (C=O) groups is 1. The lowest BCUT2D eigenvalue weighted by Gasteiger charge is -2.04. The molecule has 1 aromatic carbocycles. The Bertz CT molecular complexity index is 514. The van der Waals surface area contributed by atoms with Gasteiger partial charge in [0.2, 0.25) is 0 Å². The molecule has 1 aromatic rings. The zero-order valence-electron chi connectivity index (χ0n) is 9.55. The first kappa shape index (κ1) is 14.0. The second kappa shape index (κ2) is 6.02. The Morgan fingerprint density at radius 1 is 1.61 bits per heavy atom. The van der Waals surface area contributed by atoms with Crippen molar-refractivity contribution in [1.29, 1.82) is 0 Å². The fourth-order valence-corrected chi connectivity index (χ4v) is 1.55. The normalized spacial score (nSPS) is 11.1. The van der Waals surface area contributed by atoms with Gasteiger partial charge in [-0.1, -0.05) is 11.6 Å². The minimum absolute atomic E-state index is 0.0476. The Kier molecular flexibility index (Phi) is 4.67. The third-order valence-corrected chi connectivity index (χ3v) is 2.37. The predicted octanol–water partition coefficient (Wildman–Crippen LogP) is 1.81. The Balaban J connectivity index is 3.03. The summed E-state index contributed by atoms with van der Waals surface area (Å²) in [4.78, 5) is 21.2. The van der Waals surface area contributed by atoms with Crippen LogP contribution in [0.3, 0.4) is 0 Å². The number of allylic oxidation sites excluding steroid dienone is 1. The van der Waals surface area contributed by atoms with Crippen LogP contribution in [0.15, 0.2) is 30.0 Å². The number of esters is 1. The molecule has 0 aromatic heterocycles. The van der Waals surface area contributed by atoms with E-state index in [0.29, 0.717) is 10.6 Å². The molecule has 18 heavy (non-hydrogen) atoms. The van der Waals surface area contributed by atoms with Crippen LogP contribution in [-0.4, -0.2) is 18.0 Å². The summed E-state index contributed by atoms with van der Waals surface area (Å²) in [6, 6.07) is 4.16. The van der Waals surface area contributed by atoms with Crippen molar-refractivity contribution in [2.45, 2.75) is 6.42 Å². The first-order valence-corrected chi connectivity index (χ1v) is 5.28. The lowest BCUT2D eigenvalue weighted by molar-refractivity contribution is -0.385. The first-order valence-electron chi connectivity index (χ1n) is 4.91. The molecule has 0 radical (unpaired) electrons. The predicted molar refractivity (Wildman–Crippen MR) is 66.1 cm³/mol. The molecule has 0 aliphatic carbocycles. The summed E-state index contributed by atoms with van der Waals surface area (Å²) in [5.74, 6) is -0.614. The summed E-state index contributed by atoms with van der Waals surface area (Å²) in [5.41, 5.74) is 6.00. The summed E-state index contributed by atoms with van der Waals surface area (Å²) in [7, 11) is 1.22. The molecule has 96 valence electrons. The number of methoxy groups -OCH3 is 1. The lowest BCUT2D eigenvalue weighted by Crippen LogP contribution is -2.07. The van der Waals surface area contributed by atoms with Crippen molar-refractivity contribution in [3.8, 4) is 0 Å². The molecule has 0 aliphatic heterocycles. The molecular formula is C11H11ClN2O4. The average molecular weight is 271 g/mol. The second-order valence-electron chi connectivity index (χ2n) is 3.45. The van der Waals surface area contributed by atoms with Gasteiger partial charge in [0.05, 0.1) is 12.0 Å². The van der Waals surface area contributed by atoms with E-state index in [1.807, 2.05) is 0 Å². The molecule has 0 aliphatic rings. The van der Waals surface area contributed by atoms with Gasteiger partial charge in [-0.05, 0) is 12.1 Å². The van der Waals surface area contributed by atoms with E-state index in [0.717, 1.165) is 6.08 Å². The summed E-state index contributed by atoms with van der Waals surface area (Å²) < 4.78 is 4.40. The lowest BCUT2D eigenvalue weighted by atomic mass is 10.1. The van der Waals surface area contributed by atoms with E-state index >= 15 is 0 Å². The van der Waals surface area contributed by atoms with Crippen molar-refractivity contribution in [2.75, 3.05) is 7.11 Å². The van der Waals surface area contributed by atoms with Crippen LogP contribution in [0.4, 0.5) is 5.69 Å². The molecule has 2 N–H and O–H groups in total. The van der Waals surface area contributed by atoms with Crippen molar-refractivity contribution in [1.82, 2.24) is 0 Å². The number of nitro groups is 1. The Hall–Kier alpha value is -2.08. The minimum Gasteiger partial charge on any atom is -0.466 e. The maximum atomic E-state index is 11.0. The van der Waals surface area contributed by atoms with Crippen LogP contribution in [0.5, 0.6) is 0 Å². The van der Waals surface area contributed by atoms with Gasteiger partial charge in [0, 0.05) is 34.8 Å². The van der Waals surface area contributed by atoms with Gasteiger partial charge in [-0.15, -0.1) is 0 Å². The van der Waals surface area contributed by atoms with Crippen LogP contribution in [0, 0.1) is 10.1 Å². The molecule has 0 unspecified atom stereocenters. The monoisotopic (exact) mass is 270 g/mol. The van der Waals surface area contributed by atoms with Crippen LogP contribution in [0.2, 0.25) is 5.02 Å². The molecule has 1 rings (SSSR count). The number of benzene rings is 1. The third-order valence-electron chi connectivity index (χ3n) is 2.14. The van der Waals surface area contributed by atoms with E-state index in [9.17, 15) is 14.9 Å². The zero-order chi connectivity index (χ0) is 13.7. The fourth-order valence-electron chi connectivity index (χ4n) is 1.36. The van der Waals surface area contributed by atoms with Crippen LogP contribution in [0.25, 0.3) is 0 Å². The van der Waals surface area contributed by atoms with Gasteiger partial charge in [0.15, 0.2) is 0 Å². The largest absolute Gasteiger partial charge is 0.466 e. The quantitative estimate of drug-likeness (QED) is 0.389. The van der Waals surface area contributed by atoms with Crippen molar-refractivity contribution in [2.24, 2.45) is 5.73 Å². The van der Waals surface area contributed by atoms with Crippen LogP contribution < -0.4 is 5.73 Å². The number of ether oxygens (including phenoxy) is 1. The topological polar surface area (TPSA) is 95.5 Å². The SMILES string of the molecule is COC(=O)/C=C(\N)Cc1cc(Cl)ccc1[N+](=O)[O-]. The van der Waals surface area contributed by atoms with Crippen LogP contribution in [-0.2, 0) is 16.0 Å². The summed E-state index contributed by atoms with van der Waals surface area (Å²) in [6.07, 6.45) is 1.12. The third kappa shape index (κ3) is 3.74. The molecule has 0 fully saturated rings. The first-order chi connectivity index (χ1) is 8.43. The second-order valence-corrected chi connectivity index (χ2v) is 3.89. The number of carbonyl (C=O) groups excluding carboxylic acids is 1. The van der Waals surface area contributed by atoms with Crippen LogP contribution >= 0.6 is 11.6 Å². The Labute approximate surface area is 108 Å². The summed E-state index contributed by atoms with van der Waals surface area (Å²) in [5, 5.41) is 11.2. The highest BCUT2D eigenvalue weighted by molar-refractivity contribution is 6.30. The van der Waals surface area contributed by atoms with E-state index in [4.69, 9.17) is 17.3 Å². The molecule has 0 saturated heterocycles. The average Bonchev–Trinajstić information content (AvgIpc) is 2.28.